The summed E-state index contributed by atoms with van der Waals surface area (Å²) < 4.78 is 1.19. The van der Waals surface area contributed by atoms with Crippen molar-refractivity contribution in [1.29, 1.82) is 0 Å². The van der Waals surface area contributed by atoms with Crippen molar-refractivity contribution in [1.82, 2.24) is 9.78 Å². The van der Waals surface area contributed by atoms with Gasteiger partial charge in [-0.25, -0.2) is 0 Å². The molecule has 2 aromatic carbocycles. The number of hydrogen-bond acceptors (Lipinski definition) is 4. The monoisotopic (exact) mass is 374 g/mol. The van der Waals surface area contributed by atoms with E-state index >= 15 is 0 Å². The first kappa shape index (κ1) is 17.7. The van der Waals surface area contributed by atoms with Crippen LogP contribution >= 0.6 is 0 Å². The second-order valence-electron chi connectivity index (χ2n) is 6.46. The van der Waals surface area contributed by atoms with Crippen molar-refractivity contribution < 1.29 is 9.59 Å². The largest absolute Gasteiger partial charge is 0.321 e. The van der Waals surface area contributed by atoms with Crippen molar-refractivity contribution in [2.75, 3.05) is 16.8 Å². The molecule has 0 saturated carbocycles. The van der Waals surface area contributed by atoms with Crippen LogP contribution in [0.1, 0.15) is 23.3 Å². The third kappa shape index (κ3) is 3.55. The average molecular weight is 374 g/mol. The Kier molecular flexibility index (Phi) is 4.72. The van der Waals surface area contributed by atoms with E-state index in [1.54, 1.807) is 47.4 Å². The Morgan fingerprint density at radius 3 is 2.46 bits per heavy atom. The second kappa shape index (κ2) is 7.48. The molecule has 1 fully saturated rings. The predicted octanol–water partition coefficient (Wildman–Crippen LogP) is 2.61. The van der Waals surface area contributed by atoms with Crippen LogP contribution in [-0.4, -0.2) is 28.1 Å². The van der Waals surface area contributed by atoms with E-state index in [0.29, 0.717) is 24.3 Å². The smallest absolute Gasteiger partial charge is 0.276 e. The Bertz CT molecular complexity index is 1090. The first-order valence-electron chi connectivity index (χ1n) is 8.99. The van der Waals surface area contributed by atoms with Crippen LogP contribution in [0.5, 0.6) is 0 Å². The SMILES string of the molecule is O=C(Nc1cccc(N2CCCC2=O)c1)c1ccc(=O)n(-c2ccccc2)n1. The summed E-state index contributed by atoms with van der Waals surface area (Å²) in [5.41, 5.74) is 1.68. The Labute approximate surface area is 161 Å². The summed E-state index contributed by atoms with van der Waals surface area (Å²) in [7, 11) is 0. The molecule has 0 unspecified atom stereocenters. The van der Waals surface area contributed by atoms with Crippen LogP contribution in [0, 0.1) is 0 Å². The summed E-state index contributed by atoms with van der Waals surface area (Å²) in [4.78, 5) is 38.4. The number of para-hydroxylation sites is 1. The molecule has 0 atom stereocenters. The van der Waals surface area contributed by atoms with Gasteiger partial charge in [-0.3, -0.25) is 14.4 Å². The first-order chi connectivity index (χ1) is 13.6. The molecule has 1 aliphatic heterocycles. The molecule has 0 bridgehead atoms. The van der Waals surface area contributed by atoms with Gasteiger partial charge in [0.05, 0.1) is 5.69 Å². The van der Waals surface area contributed by atoms with E-state index in [0.717, 1.165) is 12.1 Å². The van der Waals surface area contributed by atoms with E-state index in [1.165, 1.54) is 16.8 Å². The highest BCUT2D eigenvalue weighted by molar-refractivity contribution is 6.03. The third-order valence-electron chi connectivity index (χ3n) is 4.52. The Morgan fingerprint density at radius 2 is 1.71 bits per heavy atom. The number of hydrogen-bond donors (Lipinski definition) is 1. The quantitative estimate of drug-likeness (QED) is 0.761. The summed E-state index contributed by atoms with van der Waals surface area (Å²) in [5, 5.41) is 6.96. The van der Waals surface area contributed by atoms with Crippen molar-refractivity contribution in [2.24, 2.45) is 0 Å². The highest BCUT2D eigenvalue weighted by Crippen LogP contribution is 2.24. The molecule has 7 nitrogen and oxygen atoms in total. The van der Waals surface area contributed by atoms with Gasteiger partial charge in [0.15, 0.2) is 0 Å². The van der Waals surface area contributed by atoms with E-state index in [2.05, 4.69) is 10.4 Å². The molecule has 1 N–H and O–H groups in total. The van der Waals surface area contributed by atoms with Gasteiger partial charge in [0.2, 0.25) is 5.91 Å². The topological polar surface area (TPSA) is 84.3 Å². The van der Waals surface area contributed by atoms with Gasteiger partial charge in [0, 0.05) is 30.4 Å². The zero-order valence-electron chi connectivity index (χ0n) is 15.0. The molecule has 28 heavy (non-hydrogen) atoms. The molecule has 3 aromatic rings. The maximum absolute atomic E-state index is 12.6. The maximum Gasteiger partial charge on any atom is 0.276 e. The number of benzene rings is 2. The third-order valence-corrected chi connectivity index (χ3v) is 4.52. The molecule has 0 aliphatic carbocycles. The fourth-order valence-corrected chi connectivity index (χ4v) is 3.15. The Hall–Kier alpha value is -3.74. The van der Waals surface area contributed by atoms with Crippen LogP contribution in [0.25, 0.3) is 5.69 Å². The average Bonchev–Trinajstić information content (AvgIpc) is 3.15. The second-order valence-corrected chi connectivity index (χ2v) is 6.46. The lowest BCUT2D eigenvalue weighted by Gasteiger charge is -2.16. The van der Waals surface area contributed by atoms with Crippen LogP contribution in [-0.2, 0) is 4.79 Å². The minimum Gasteiger partial charge on any atom is -0.321 e. The van der Waals surface area contributed by atoms with Gasteiger partial charge in [-0.2, -0.15) is 9.78 Å². The summed E-state index contributed by atoms with van der Waals surface area (Å²) in [6.45, 7) is 0.680. The normalized spacial score (nSPS) is 13.6. The number of nitrogens with zero attached hydrogens (tertiary/aromatic N) is 3. The number of carbonyl (C=O) groups is 2. The molecule has 1 aromatic heterocycles. The lowest BCUT2D eigenvalue weighted by atomic mass is 10.2. The van der Waals surface area contributed by atoms with E-state index in [1.807, 2.05) is 12.1 Å². The van der Waals surface area contributed by atoms with E-state index in [-0.39, 0.29) is 17.2 Å². The van der Waals surface area contributed by atoms with Crippen LogP contribution < -0.4 is 15.8 Å². The van der Waals surface area contributed by atoms with Crippen molar-refractivity contribution in [3.05, 3.63) is 82.8 Å². The molecular weight excluding hydrogens is 356 g/mol. The van der Waals surface area contributed by atoms with Gasteiger partial charge in [-0.15, -0.1) is 0 Å². The van der Waals surface area contributed by atoms with Crippen molar-refractivity contribution in [3.8, 4) is 5.69 Å². The van der Waals surface area contributed by atoms with Crippen LogP contribution in [0.3, 0.4) is 0 Å². The zero-order chi connectivity index (χ0) is 19.5. The van der Waals surface area contributed by atoms with Gasteiger partial charge in [0.1, 0.15) is 5.69 Å². The summed E-state index contributed by atoms with van der Waals surface area (Å²) in [6.07, 6.45) is 1.38. The molecule has 2 amide bonds. The maximum atomic E-state index is 12.6. The predicted molar refractivity (Wildman–Crippen MR) is 106 cm³/mol. The molecule has 1 saturated heterocycles. The Morgan fingerprint density at radius 1 is 0.929 bits per heavy atom. The van der Waals surface area contributed by atoms with Gasteiger partial charge < -0.3 is 10.2 Å². The van der Waals surface area contributed by atoms with Gasteiger partial charge >= 0.3 is 0 Å². The standard InChI is InChI=1S/C21H18N4O3/c26-19-10-5-13-24(19)17-9-4-6-15(14-17)22-21(28)18-11-12-20(27)25(23-18)16-7-2-1-3-8-16/h1-4,6-9,11-12,14H,5,10,13H2,(H,22,28). The van der Waals surface area contributed by atoms with Crippen molar-refractivity contribution in [2.45, 2.75) is 12.8 Å². The molecule has 2 heterocycles. The number of aromatic nitrogens is 2. The lowest BCUT2D eigenvalue weighted by Crippen LogP contribution is -2.25. The molecule has 4 rings (SSSR count). The van der Waals surface area contributed by atoms with E-state index < -0.39 is 5.91 Å². The van der Waals surface area contributed by atoms with Crippen molar-refractivity contribution >= 4 is 23.2 Å². The summed E-state index contributed by atoms with van der Waals surface area (Å²) in [5.74, 6) is -0.352. The minimum absolute atomic E-state index is 0.0834. The van der Waals surface area contributed by atoms with E-state index in [9.17, 15) is 14.4 Å². The highest BCUT2D eigenvalue weighted by atomic mass is 16.2. The molecular formula is C21H18N4O3. The summed E-state index contributed by atoms with van der Waals surface area (Å²) >= 11 is 0. The fraction of sp³-hybridized carbons (Fsp3) is 0.143. The van der Waals surface area contributed by atoms with E-state index in [4.69, 9.17) is 0 Å². The van der Waals surface area contributed by atoms with Crippen LogP contribution in [0.15, 0.2) is 71.5 Å². The zero-order valence-corrected chi connectivity index (χ0v) is 15.0. The summed E-state index contributed by atoms with van der Waals surface area (Å²) in [6, 6.07) is 18.7. The molecule has 0 spiro atoms. The first-order valence-corrected chi connectivity index (χ1v) is 8.99. The number of carbonyl (C=O) groups excluding carboxylic acids is 2. The number of amides is 2. The van der Waals surface area contributed by atoms with Gasteiger partial charge in [0.25, 0.3) is 11.5 Å². The molecule has 140 valence electrons. The number of anilines is 2. The number of nitrogens with one attached hydrogen (secondary N) is 1. The van der Waals surface area contributed by atoms with Crippen molar-refractivity contribution in [3.63, 3.8) is 0 Å². The Balaban J connectivity index is 1.58. The molecule has 7 heteroatoms. The van der Waals surface area contributed by atoms with Gasteiger partial charge in [-0.05, 0) is 42.8 Å². The fourth-order valence-electron chi connectivity index (χ4n) is 3.15. The van der Waals surface area contributed by atoms with Crippen LogP contribution in [0.2, 0.25) is 0 Å². The number of rotatable bonds is 4. The lowest BCUT2D eigenvalue weighted by molar-refractivity contribution is -0.117. The molecule has 0 radical (unpaired) electrons. The van der Waals surface area contributed by atoms with Crippen LogP contribution in [0.4, 0.5) is 11.4 Å². The minimum atomic E-state index is -0.436. The highest BCUT2D eigenvalue weighted by Gasteiger charge is 2.22. The van der Waals surface area contributed by atoms with Gasteiger partial charge in [-0.1, -0.05) is 24.3 Å². The molecule has 1 aliphatic rings.